The van der Waals surface area contributed by atoms with E-state index in [1.807, 2.05) is 0 Å². The van der Waals surface area contributed by atoms with Gasteiger partial charge in [0.05, 0.1) is 25.3 Å². The van der Waals surface area contributed by atoms with Crippen molar-refractivity contribution in [2.24, 2.45) is 0 Å². The number of hydrogen-bond donors (Lipinski definition) is 2. The molecule has 1 aliphatic rings. The van der Waals surface area contributed by atoms with Gasteiger partial charge in [0.25, 0.3) is 0 Å². The van der Waals surface area contributed by atoms with Crippen molar-refractivity contribution in [3.63, 3.8) is 0 Å². The zero-order valence-electron chi connectivity index (χ0n) is 16.8. The molecule has 0 bridgehead atoms. The highest BCUT2D eigenvalue weighted by molar-refractivity contribution is 5.91. The third kappa shape index (κ3) is 4.94. The number of ether oxygens (including phenoxy) is 4. The fourth-order valence-corrected chi connectivity index (χ4v) is 3.36. The van der Waals surface area contributed by atoms with Crippen LogP contribution in [-0.2, 0) is 9.47 Å². The minimum Gasteiger partial charge on any atom is -0.504 e. The lowest BCUT2D eigenvalue weighted by atomic mass is 9.94. The van der Waals surface area contributed by atoms with Gasteiger partial charge in [-0.05, 0) is 55.7 Å². The van der Waals surface area contributed by atoms with Crippen LogP contribution in [0, 0.1) is 0 Å². The summed E-state index contributed by atoms with van der Waals surface area (Å²) in [6.45, 7) is 0. The summed E-state index contributed by atoms with van der Waals surface area (Å²) in [6, 6.07) is 8.48. The second-order valence-electron chi connectivity index (χ2n) is 6.99. The van der Waals surface area contributed by atoms with E-state index in [2.05, 4.69) is 0 Å². The molecule has 8 heteroatoms. The number of phenols is 2. The van der Waals surface area contributed by atoms with Crippen LogP contribution in [0.3, 0.4) is 0 Å². The highest BCUT2D eigenvalue weighted by atomic mass is 16.6. The number of rotatable bonds is 6. The monoisotopic (exact) mass is 416 g/mol. The Balaban J connectivity index is 1.60. The molecule has 2 aromatic rings. The summed E-state index contributed by atoms with van der Waals surface area (Å²) >= 11 is 0. The number of esters is 2. The molecule has 0 aliphatic heterocycles. The van der Waals surface area contributed by atoms with Crippen LogP contribution in [0.4, 0.5) is 0 Å². The summed E-state index contributed by atoms with van der Waals surface area (Å²) in [4.78, 5) is 24.9. The SMILES string of the molecule is COc1cc(C(=O)OC2CCCC(OC(=O)c3ccc(O)c(OC)c3)C2)ccc1O. The molecule has 1 aliphatic carbocycles. The van der Waals surface area contributed by atoms with Crippen molar-refractivity contribution in [3.8, 4) is 23.0 Å². The fraction of sp³-hybridized carbons (Fsp3) is 0.364. The minimum absolute atomic E-state index is 0.0652. The van der Waals surface area contributed by atoms with Crippen LogP contribution in [-0.4, -0.2) is 48.6 Å². The van der Waals surface area contributed by atoms with Gasteiger partial charge in [0.15, 0.2) is 23.0 Å². The molecule has 2 aromatic carbocycles. The number of aromatic hydroxyl groups is 2. The lowest BCUT2D eigenvalue weighted by Crippen LogP contribution is -2.31. The number of carbonyl (C=O) groups is 2. The van der Waals surface area contributed by atoms with Gasteiger partial charge in [-0.25, -0.2) is 9.59 Å². The molecular weight excluding hydrogens is 392 g/mol. The maximum absolute atomic E-state index is 12.4. The lowest BCUT2D eigenvalue weighted by Gasteiger charge is -2.28. The molecule has 2 N–H and O–H groups in total. The molecule has 0 radical (unpaired) electrons. The molecule has 3 rings (SSSR count). The summed E-state index contributed by atoms with van der Waals surface area (Å²) in [7, 11) is 2.79. The molecule has 0 heterocycles. The average molecular weight is 416 g/mol. The average Bonchev–Trinajstić information content (AvgIpc) is 2.74. The van der Waals surface area contributed by atoms with Crippen molar-refractivity contribution in [2.45, 2.75) is 37.9 Å². The topological polar surface area (TPSA) is 112 Å². The van der Waals surface area contributed by atoms with E-state index in [4.69, 9.17) is 18.9 Å². The first-order valence-electron chi connectivity index (χ1n) is 9.57. The minimum atomic E-state index is -0.534. The molecular formula is C22H24O8. The number of phenolic OH excluding ortho intramolecular Hbond substituents is 2. The molecule has 0 saturated heterocycles. The third-order valence-corrected chi connectivity index (χ3v) is 4.96. The second kappa shape index (κ2) is 9.39. The van der Waals surface area contributed by atoms with Crippen LogP contribution in [0.25, 0.3) is 0 Å². The van der Waals surface area contributed by atoms with E-state index in [9.17, 15) is 19.8 Å². The second-order valence-corrected chi connectivity index (χ2v) is 6.99. The Morgan fingerprint density at radius 3 is 1.63 bits per heavy atom. The van der Waals surface area contributed by atoms with Gasteiger partial charge in [-0.1, -0.05) is 0 Å². The smallest absolute Gasteiger partial charge is 0.338 e. The normalized spacial score (nSPS) is 18.3. The summed E-state index contributed by atoms with van der Waals surface area (Å²) in [6.07, 6.45) is 1.69. The molecule has 2 unspecified atom stereocenters. The maximum atomic E-state index is 12.4. The first kappa shape index (κ1) is 21.3. The molecule has 0 aromatic heterocycles. The van der Waals surface area contributed by atoms with Crippen molar-refractivity contribution in [3.05, 3.63) is 47.5 Å². The van der Waals surface area contributed by atoms with Gasteiger partial charge < -0.3 is 29.2 Å². The van der Waals surface area contributed by atoms with E-state index in [1.165, 1.54) is 50.6 Å². The molecule has 30 heavy (non-hydrogen) atoms. The maximum Gasteiger partial charge on any atom is 0.338 e. The van der Waals surface area contributed by atoms with Gasteiger partial charge in [0.2, 0.25) is 0 Å². The van der Waals surface area contributed by atoms with E-state index < -0.39 is 24.1 Å². The Morgan fingerprint density at radius 1 is 0.800 bits per heavy atom. The quantitative estimate of drug-likeness (QED) is 0.689. The van der Waals surface area contributed by atoms with Crippen LogP contribution in [0.5, 0.6) is 23.0 Å². The van der Waals surface area contributed by atoms with E-state index in [0.29, 0.717) is 19.3 Å². The van der Waals surface area contributed by atoms with Crippen LogP contribution in [0.2, 0.25) is 0 Å². The summed E-state index contributed by atoms with van der Waals surface area (Å²) in [5, 5.41) is 19.3. The fourth-order valence-electron chi connectivity index (χ4n) is 3.36. The molecule has 1 saturated carbocycles. The van der Waals surface area contributed by atoms with Gasteiger partial charge >= 0.3 is 11.9 Å². The van der Waals surface area contributed by atoms with Gasteiger partial charge in [-0.2, -0.15) is 0 Å². The van der Waals surface area contributed by atoms with Gasteiger partial charge in [0, 0.05) is 6.42 Å². The Labute approximate surface area is 173 Å². The first-order valence-corrected chi connectivity index (χ1v) is 9.57. The highest BCUT2D eigenvalue weighted by Gasteiger charge is 2.28. The van der Waals surface area contributed by atoms with Gasteiger partial charge in [0.1, 0.15) is 12.2 Å². The molecule has 0 amide bonds. The number of hydrogen-bond acceptors (Lipinski definition) is 8. The van der Waals surface area contributed by atoms with Crippen molar-refractivity contribution in [1.82, 2.24) is 0 Å². The predicted octanol–water partition coefficient (Wildman–Crippen LogP) is 3.44. The Bertz CT molecular complexity index is 850. The van der Waals surface area contributed by atoms with Gasteiger partial charge in [-0.15, -0.1) is 0 Å². The van der Waals surface area contributed by atoms with Crippen molar-refractivity contribution < 1.29 is 38.7 Å². The molecule has 8 nitrogen and oxygen atoms in total. The van der Waals surface area contributed by atoms with Crippen LogP contribution >= 0.6 is 0 Å². The summed E-state index contributed by atoms with van der Waals surface area (Å²) in [5.41, 5.74) is 0.528. The van der Waals surface area contributed by atoms with Crippen molar-refractivity contribution >= 4 is 11.9 Å². The third-order valence-electron chi connectivity index (χ3n) is 4.96. The highest BCUT2D eigenvalue weighted by Crippen LogP contribution is 2.30. The van der Waals surface area contributed by atoms with Crippen molar-refractivity contribution in [1.29, 1.82) is 0 Å². The standard InChI is InChI=1S/C22H24O8/c1-27-19-10-13(6-8-17(19)23)21(25)29-15-4-3-5-16(12-15)30-22(26)14-7-9-18(24)20(11-14)28-2/h6-11,15-16,23-24H,3-5,12H2,1-2H3. The van der Waals surface area contributed by atoms with Crippen LogP contribution < -0.4 is 9.47 Å². The largest absolute Gasteiger partial charge is 0.504 e. The zero-order chi connectivity index (χ0) is 21.7. The van der Waals surface area contributed by atoms with Crippen LogP contribution in [0.15, 0.2) is 36.4 Å². The number of methoxy groups -OCH3 is 2. The van der Waals surface area contributed by atoms with E-state index in [1.54, 1.807) is 0 Å². The molecule has 2 atom stereocenters. The number of benzene rings is 2. The summed E-state index contributed by atoms with van der Waals surface area (Å²) in [5.74, 6) is -0.829. The Morgan fingerprint density at radius 2 is 1.23 bits per heavy atom. The van der Waals surface area contributed by atoms with E-state index in [0.717, 1.165) is 6.42 Å². The zero-order valence-corrected chi connectivity index (χ0v) is 16.8. The Kier molecular flexibility index (Phi) is 6.66. The Hall–Kier alpha value is -3.42. The summed E-state index contributed by atoms with van der Waals surface area (Å²) < 4.78 is 21.2. The molecule has 1 fully saturated rings. The van der Waals surface area contributed by atoms with E-state index in [-0.39, 0.29) is 34.1 Å². The van der Waals surface area contributed by atoms with Crippen molar-refractivity contribution in [2.75, 3.05) is 14.2 Å². The lowest BCUT2D eigenvalue weighted by molar-refractivity contribution is -0.0177. The molecule has 0 spiro atoms. The number of carbonyl (C=O) groups excluding carboxylic acids is 2. The van der Waals surface area contributed by atoms with Gasteiger partial charge in [-0.3, -0.25) is 0 Å². The van der Waals surface area contributed by atoms with Crippen LogP contribution in [0.1, 0.15) is 46.4 Å². The molecule has 160 valence electrons. The van der Waals surface area contributed by atoms with E-state index >= 15 is 0 Å². The predicted molar refractivity (Wildman–Crippen MR) is 106 cm³/mol. The first-order chi connectivity index (χ1) is 14.4.